The summed E-state index contributed by atoms with van der Waals surface area (Å²) in [5.41, 5.74) is 7.41. The van der Waals surface area contributed by atoms with E-state index in [0.29, 0.717) is 55.9 Å². The Bertz CT molecular complexity index is 1580. The standard InChI is InChI=1S/C27H30Cl2N6O4S/c1-17-7-8-18-4-2-6-22(25(18)32-17)39-16-19-20(28)9-10-23(24(19)29)40(37,38)35-11-3-5-21(35)26(36)33-12-14-34(15-13-33)27(30)31/h2,4,6-10,21H,3,5,11-16H2,1H3,(H3,30,31). The molecule has 13 heteroatoms. The van der Waals surface area contributed by atoms with Gasteiger partial charge in [0.05, 0.1) is 5.02 Å². The van der Waals surface area contributed by atoms with Crippen LogP contribution >= 0.6 is 23.2 Å². The molecule has 5 rings (SSSR count). The Morgan fingerprint density at radius 3 is 2.52 bits per heavy atom. The molecule has 2 aliphatic rings. The number of para-hydroxylation sites is 1. The molecule has 0 radical (unpaired) electrons. The number of piperazine rings is 1. The maximum Gasteiger partial charge on any atom is 0.245 e. The summed E-state index contributed by atoms with van der Waals surface area (Å²) in [6, 6.07) is 11.5. The van der Waals surface area contributed by atoms with Gasteiger partial charge in [-0.25, -0.2) is 13.4 Å². The Balaban J connectivity index is 1.38. The first kappa shape index (κ1) is 28.4. The first-order valence-electron chi connectivity index (χ1n) is 12.9. The lowest BCUT2D eigenvalue weighted by atomic mass is 10.2. The largest absolute Gasteiger partial charge is 0.487 e. The second-order valence-electron chi connectivity index (χ2n) is 9.88. The number of rotatable bonds is 6. The van der Waals surface area contributed by atoms with E-state index in [1.807, 2.05) is 31.2 Å². The fraction of sp³-hybridized carbons (Fsp3) is 0.370. The van der Waals surface area contributed by atoms with Crippen LogP contribution in [0.4, 0.5) is 0 Å². The third kappa shape index (κ3) is 5.43. The van der Waals surface area contributed by atoms with Gasteiger partial charge in [-0.15, -0.1) is 0 Å². The molecule has 3 aromatic rings. The summed E-state index contributed by atoms with van der Waals surface area (Å²) in [6.45, 7) is 3.62. The van der Waals surface area contributed by atoms with Crippen LogP contribution in [0.15, 0.2) is 47.4 Å². The maximum absolute atomic E-state index is 13.9. The zero-order chi connectivity index (χ0) is 28.6. The zero-order valence-corrected chi connectivity index (χ0v) is 24.3. The molecular weight excluding hydrogens is 575 g/mol. The average Bonchev–Trinajstić information content (AvgIpc) is 3.44. The Morgan fingerprint density at radius 2 is 1.80 bits per heavy atom. The van der Waals surface area contributed by atoms with E-state index in [4.69, 9.17) is 39.1 Å². The number of nitrogens with one attached hydrogen (secondary N) is 1. The van der Waals surface area contributed by atoms with Crippen molar-refractivity contribution in [1.82, 2.24) is 19.1 Å². The van der Waals surface area contributed by atoms with Crippen LogP contribution in [0, 0.1) is 12.3 Å². The van der Waals surface area contributed by atoms with E-state index in [1.54, 1.807) is 15.9 Å². The predicted octanol–water partition coefficient (Wildman–Crippen LogP) is 3.62. The van der Waals surface area contributed by atoms with Gasteiger partial charge in [-0.2, -0.15) is 4.31 Å². The molecule has 0 spiro atoms. The molecule has 0 bridgehead atoms. The second kappa shape index (κ2) is 11.4. The first-order valence-corrected chi connectivity index (χ1v) is 15.1. The number of halogens is 2. The van der Waals surface area contributed by atoms with Gasteiger partial charge >= 0.3 is 0 Å². The summed E-state index contributed by atoms with van der Waals surface area (Å²) in [5.74, 6) is 0.231. The Labute approximate surface area is 243 Å². The van der Waals surface area contributed by atoms with Crippen molar-refractivity contribution in [3.8, 4) is 5.75 Å². The van der Waals surface area contributed by atoms with Crippen LogP contribution in [-0.4, -0.2) is 78.1 Å². The van der Waals surface area contributed by atoms with Crippen molar-refractivity contribution in [2.24, 2.45) is 5.73 Å². The summed E-state index contributed by atoms with van der Waals surface area (Å²) >= 11 is 13.1. The molecule has 3 heterocycles. The molecular formula is C27H30Cl2N6O4S. The first-order chi connectivity index (χ1) is 19.1. The number of amides is 1. The van der Waals surface area contributed by atoms with Crippen LogP contribution in [0.1, 0.15) is 24.1 Å². The van der Waals surface area contributed by atoms with Crippen molar-refractivity contribution in [2.45, 2.75) is 37.3 Å². The summed E-state index contributed by atoms with van der Waals surface area (Å²) in [6.07, 6.45) is 0.970. The molecule has 212 valence electrons. The van der Waals surface area contributed by atoms with Gasteiger partial charge in [0.25, 0.3) is 0 Å². The van der Waals surface area contributed by atoms with E-state index >= 15 is 0 Å². The van der Waals surface area contributed by atoms with E-state index < -0.39 is 16.1 Å². The number of hydrogen-bond donors (Lipinski definition) is 2. The molecule has 1 aromatic heterocycles. The third-order valence-corrected chi connectivity index (χ3v) is 10.2. The number of sulfonamides is 1. The number of pyridine rings is 1. The SMILES string of the molecule is Cc1ccc2cccc(OCc3c(Cl)ccc(S(=O)(=O)N4CCCC4C(=O)N4CCN(C(=N)N)CC4)c3Cl)c2n1. The number of aryl methyl sites for hydroxylation is 1. The van der Waals surface area contributed by atoms with Crippen LogP contribution in [0.2, 0.25) is 10.0 Å². The Kier molecular flexibility index (Phi) is 8.10. The van der Waals surface area contributed by atoms with Crippen LogP contribution in [0.3, 0.4) is 0 Å². The topological polar surface area (TPSA) is 133 Å². The highest BCUT2D eigenvalue weighted by Crippen LogP contribution is 2.36. The minimum atomic E-state index is -4.13. The van der Waals surface area contributed by atoms with Crippen molar-refractivity contribution in [3.63, 3.8) is 0 Å². The number of nitrogens with two attached hydrogens (primary N) is 1. The van der Waals surface area contributed by atoms with Gasteiger partial charge in [0, 0.05) is 54.4 Å². The van der Waals surface area contributed by atoms with Gasteiger partial charge < -0.3 is 20.3 Å². The zero-order valence-electron chi connectivity index (χ0n) is 21.9. The number of guanidine groups is 1. The molecule has 0 aliphatic carbocycles. The number of ether oxygens (including phenoxy) is 1. The highest BCUT2D eigenvalue weighted by atomic mass is 35.5. The number of nitrogens with zero attached hydrogens (tertiary/aromatic N) is 4. The van der Waals surface area contributed by atoms with E-state index in [2.05, 4.69) is 4.98 Å². The second-order valence-corrected chi connectivity index (χ2v) is 12.5. The minimum absolute atomic E-state index is 0.0370. The Morgan fingerprint density at radius 1 is 1.07 bits per heavy atom. The quantitative estimate of drug-likeness (QED) is 0.324. The highest BCUT2D eigenvalue weighted by molar-refractivity contribution is 7.89. The summed E-state index contributed by atoms with van der Waals surface area (Å²) in [5, 5.41) is 8.73. The van der Waals surface area contributed by atoms with Crippen LogP contribution in [0.25, 0.3) is 10.9 Å². The number of benzene rings is 2. The fourth-order valence-corrected chi connectivity index (χ4v) is 7.69. The minimum Gasteiger partial charge on any atom is -0.487 e. The molecule has 2 saturated heterocycles. The van der Waals surface area contributed by atoms with Crippen LogP contribution < -0.4 is 10.5 Å². The highest BCUT2D eigenvalue weighted by Gasteiger charge is 2.42. The number of aromatic nitrogens is 1. The summed E-state index contributed by atoms with van der Waals surface area (Å²) < 4.78 is 35.0. The number of carbonyl (C=O) groups excluding carboxylic acids is 1. The molecule has 2 fully saturated rings. The molecule has 40 heavy (non-hydrogen) atoms. The molecule has 3 N–H and O–H groups in total. The van der Waals surface area contributed by atoms with Crippen molar-refractivity contribution in [2.75, 3.05) is 32.7 Å². The predicted molar refractivity (Wildman–Crippen MR) is 154 cm³/mol. The molecule has 0 saturated carbocycles. The lowest BCUT2D eigenvalue weighted by molar-refractivity contribution is -0.135. The van der Waals surface area contributed by atoms with Gasteiger partial charge in [0.1, 0.15) is 28.8 Å². The van der Waals surface area contributed by atoms with Crippen LogP contribution in [0.5, 0.6) is 5.75 Å². The Hall–Kier alpha value is -3.12. The third-order valence-electron chi connectivity index (χ3n) is 7.35. The fourth-order valence-electron chi connectivity index (χ4n) is 5.17. The van der Waals surface area contributed by atoms with E-state index in [0.717, 1.165) is 11.1 Å². The molecule has 2 aliphatic heterocycles. The monoisotopic (exact) mass is 604 g/mol. The van der Waals surface area contributed by atoms with E-state index in [9.17, 15) is 13.2 Å². The number of carbonyl (C=O) groups is 1. The average molecular weight is 606 g/mol. The molecule has 1 amide bonds. The van der Waals surface area contributed by atoms with Crippen molar-refractivity contribution >= 4 is 56.0 Å². The molecule has 2 aromatic carbocycles. The van der Waals surface area contributed by atoms with Gasteiger partial charge in [0.2, 0.25) is 15.9 Å². The maximum atomic E-state index is 13.9. The lowest BCUT2D eigenvalue weighted by Crippen LogP contribution is -2.56. The molecule has 10 nitrogen and oxygen atoms in total. The number of hydrogen-bond acceptors (Lipinski definition) is 6. The number of fused-ring (bicyclic) bond motifs is 1. The van der Waals surface area contributed by atoms with Gasteiger partial charge in [-0.1, -0.05) is 41.4 Å². The van der Waals surface area contributed by atoms with E-state index in [-0.39, 0.29) is 40.0 Å². The van der Waals surface area contributed by atoms with Gasteiger partial charge in [-0.3, -0.25) is 10.2 Å². The summed E-state index contributed by atoms with van der Waals surface area (Å²) in [7, 11) is -4.13. The van der Waals surface area contributed by atoms with Crippen molar-refractivity contribution < 1.29 is 17.9 Å². The van der Waals surface area contributed by atoms with Crippen LogP contribution in [-0.2, 0) is 21.4 Å². The van der Waals surface area contributed by atoms with Crippen molar-refractivity contribution in [3.05, 3.63) is 63.8 Å². The lowest BCUT2D eigenvalue weighted by Gasteiger charge is -2.37. The van der Waals surface area contributed by atoms with Gasteiger partial charge in [-0.05, 0) is 44.0 Å². The molecule has 1 unspecified atom stereocenters. The smallest absolute Gasteiger partial charge is 0.245 e. The summed E-state index contributed by atoms with van der Waals surface area (Å²) in [4.78, 5) is 21.2. The normalized spacial score (nSPS) is 18.3. The molecule has 1 atom stereocenters. The van der Waals surface area contributed by atoms with E-state index in [1.165, 1.54) is 16.4 Å². The van der Waals surface area contributed by atoms with Gasteiger partial charge in [0.15, 0.2) is 5.96 Å². The van der Waals surface area contributed by atoms with Crippen molar-refractivity contribution in [1.29, 1.82) is 5.41 Å².